The fourth-order valence-corrected chi connectivity index (χ4v) is 3.57. The Morgan fingerprint density at radius 3 is 1.21 bits per heavy atom. The van der Waals surface area contributed by atoms with Crippen LogP contribution in [-0.2, 0) is 12.8 Å². The number of nitrogens with zero attached hydrogens (tertiary/aromatic N) is 4. The van der Waals surface area contributed by atoms with Gasteiger partial charge in [-0.05, 0) is 35.4 Å². The van der Waals surface area contributed by atoms with E-state index in [0.29, 0.717) is 35.6 Å². The summed E-state index contributed by atoms with van der Waals surface area (Å²) in [7, 11) is 0. The summed E-state index contributed by atoms with van der Waals surface area (Å²) in [5.74, 6) is 0. The summed E-state index contributed by atoms with van der Waals surface area (Å²) in [5, 5.41) is 31.3. The SMILES string of the molecule is O=[N+]([O-])c1ccc(N/N=C(Cc2ccccc2)\C(Cc2ccccc2)=N\Nc2ccc([N+](=O)[O-])cc2)cc1. The number of nitro benzene ring substituents is 2. The number of hydrogen-bond donors (Lipinski definition) is 2. The van der Waals surface area contributed by atoms with Crippen molar-refractivity contribution in [1.82, 2.24) is 0 Å². The molecular weight excluding hydrogens is 484 g/mol. The first-order valence-electron chi connectivity index (χ1n) is 11.7. The van der Waals surface area contributed by atoms with Gasteiger partial charge >= 0.3 is 0 Å². The van der Waals surface area contributed by atoms with E-state index in [1.165, 1.54) is 24.3 Å². The summed E-state index contributed by atoms with van der Waals surface area (Å²) < 4.78 is 0. The predicted octanol–water partition coefficient (Wildman–Crippen LogP) is 6.22. The maximum atomic E-state index is 11.0. The molecule has 4 aromatic rings. The molecule has 0 heterocycles. The topological polar surface area (TPSA) is 135 Å². The standard InChI is InChI=1S/C28H24N6O4/c35-33(36)25-15-11-23(12-16-25)29-31-27(19-21-7-3-1-4-8-21)28(20-22-9-5-2-6-10-22)32-30-24-13-17-26(18-14-24)34(37)38/h1-18,29-30H,19-20H2/b31-27-,32-28+. The maximum Gasteiger partial charge on any atom is 0.269 e. The number of benzene rings is 4. The lowest BCUT2D eigenvalue weighted by Crippen LogP contribution is -2.22. The first-order valence-corrected chi connectivity index (χ1v) is 11.7. The van der Waals surface area contributed by atoms with E-state index in [4.69, 9.17) is 0 Å². The van der Waals surface area contributed by atoms with Crippen molar-refractivity contribution in [3.8, 4) is 0 Å². The minimum absolute atomic E-state index is 0.0114. The second-order valence-corrected chi connectivity index (χ2v) is 8.27. The van der Waals surface area contributed by atoms with E-state index in [1.54, 1.807) is 24.3 Å². The Balaban J connectivity index is 1.67. The van der Waals surface area contributed by atoms with Crippen LogP contribution in [0.4, 0.5) is 22.7 Å². The van der Waals surface area contributed by atoms with E-state index in [-0.39, 0.29) is 11.4 Å². The molecule has 10 nitrogen and oxygen atoms in total. The zero-order valence-electron chi connectivity index (χ0n) is 20.2. The highest BCUT2D eigenvalue weighted by atomic mass is 16.6. The average molecular weight is 509 g/mol. The third-order valence-electron chi connectivity index (χ3n) is 5.56. The number of non-ortho nitro benzene ring substituents is 2. The molecule has 0 amide bonds. The molecule has 0 aliphatic heterocycles. The van der Waals surface area contributed by atoms with Crippen molar-refractivity contribution in [3.63, 3.8) is 0 Å². The third-order valence-corrected chi connectivity index (χ3v) is 5.56. The van der Waals surface area contributed by atoms with Crippen LogP contribution in [0.2, 0.25) is 0 Å². The molecule has 0 bridgehead atoms. The molecule has 2 N–H and O–H groups in total. The van der Waals surface area contributed by atoms with Crippen molar-refractivity contribution in [2.75, 3.05) is 10.9 Å². The van der Waals surface area contributed by atoms with Crippen LogP contribution in [0.25, 0.3) is 0 Å². The summed E-state index contributed by atoms with van der Waals surface area (Å²) in [6.07, 6.45) is 0.933. The molecule has 0 saturated heterocycles. The van der Waals surface area contributed by atoms with Crippen LogP contribution in [0.5, 0.6) is 0 Å². The van der Waals surface area contributed by atoms with Crippen LogP contribution in [0.15, 0.2) is 119 Å². The lowest BCUT2D eigenvalue weighted by Gasteiger charge is -2.13. The molecule has 0 spiro atoms. The Hall–Kier alpha value is -5.38. The van der Waals surface area contributed by atoms with Crippen LogP contribution < -0.4 is 10.9 Å². The van der Waals surface area contributed by atoms with Crippen LogP contribution in [0.1, 0.15) is 11.1 Å². The lowest BCUT2D eigenvalue weighted by atomic mass is 10.00. The highest BCUT2D eigenvalue weighted by molar-refractivity contribution is 6.43. The summed E-state index contributed by atoms with van der Waals surface area (Å²) in [4.78, 5) is 21.1. The van der Waals surface area contributed by atoms with Gasteiger partial charge in [0.1, 0.15) is 0 Å². The molecule has 38 heavy (non-hydrogen) atoms. The molecule has 0 fully saturated rings. The van der Waals surface area contributed by atoms with Gasteiger partial charge in [-0.3, -0.25) is 31.1 Å². The first kappa shape index (κ1) is 25.7. The summed E-state index contributed by atoms with van der Waals surface area (Å²) in [6, 6.07) is 31.6. The van der Waals surface area contributed by atoms with E-state index in [0.717, 1.165) is 11.1 Å². The van der Waals surface area contributed by atoms with Gasteiger partial charge in [-0.25, -0.2) is 0 Å². The zero-order chi connectivity index (χ0) is 26.7. The highest BCUT2D eigenvalue weighted by Crippen LogP contribution is 2.17. The maximum absolute atomic E-state index is 11.0. The van der Waals surface area contributed by atoms with Crippen molar-refractivity contribution in [2.24, 2.45) is 10.2 Å². The minimum Gasteiger partial charge on any atom is -0.278 e. The molecule has 0 radical (unpaired) electrons. The average Bonchev–Trinajstić information content (AvgIpc) is 2.95. The zero-order valence-corrected chi connectivity index (χ0v) is 20.2. The molecule has 190 valence electrons. The lowest BCUT2D eigenvalue weighted by molar-refractivity contribution is -0.385. The van der Waals surface area contributed by atoms with E-state index < -0.39 is 9.85 Å². The van der Waals surface area contributed by atoms with E-state index in [9.17, 15) is 20.2 Å². The molecule has 4 aromatic carbocycles. The van der Waals surface area contributed by atoms with Crippen LogP contribution >= 0.6 is 0 Å². The van der Waals surface area contributed by atoms with Crippen molar-refractivity contribution in [2.45, 2.75) is 12.8 Å². The number of nitro groups is 2. The third kappa shape index (κ3) is 7.31. The smallest absolute Gasteiger partial charge is 0.269 e. The summed E-state index contributed by atoms with van der Waals surface area (Å²) >= 11 is 0. The molecule has 0 aliphatic rings. The summed E-state index contributed by atoms with van der Waals surface area (Å²) in [6.45, 7) is 0. The monoisotopic (exact) mass is 508 g/mol. The van der Waals surface area contributed by atoms with Crippen LogP contribution in [0.3, 0.4) is 0 Å². The Labute approximate surface area is 218 Å². The number of anilines is 2. The van der Waals surface area contributed by atoms with Gasteiger partial charge in [-0.1, -0.05) is 60.7 Å². The molecule has 0 saturated carbocycles. The van der Waals surface area contributed by atoms with Gasteiger partial charge < -0.3 is 0 Å². The molecule has 0 aromatic heterocycles. The van der Waals surface area contributed by atoms with E-state index in [2.05, 4.69) is 21.1 Å². The van der Waals surface area contributed by atoms with Gasteiger partial charge in [0.15, 0.2) is 0 Å². The van der Waals surface area contributed by atoms with Gasteiger partial charge in [0, 0.05) is 37.1 Å². The fourth-order valence-electron chi connectivity index (χ4n) is 3.57. The minimum atomic E-state index is -0.456. The molecule has 10 heteroatoms. The Bertz CT molecular complexity index is 1330. The Morgan fingerprint density at radius 2 is 0.895 bits per heavy atom. The van der Waals surface area contributed by atoms with Gasteiger partial charge in [-0.15, -0.1) is 0 Å². The number of rotatable bonds is 11. The molecule has 4 rings (SSSR count). The number of nitrogens with one attached hydrogen (secondary N) is 2. The molecule has 0 aliphatic carbocycles. The summed E-state index contributed by atoms with van der Waals surface area (Å²) in [5.41, 5.74) is 10.5. The van der Waals surface area contributed by atoms with Crippen molar-refractivity contribution in [1.29, 1.82) is 0 Å². The number of hydrazone groups is 2. The highest BCUT2D eigenvalue weighted by Gasteiger charge is 2.14. The Morgan fingerprint density at radius 1 is 0.553 bits per heavy atom. The van der Waals surface area contributed by atoms with Gasteiger partial charge in [0.05, 0.1) is 32.6 Å². The molecule has 0 unspecified atom stereocenters. The van der Waals surface area contributed by atoms with Gasteiger partial charge in [-0.2, -0.15) is 10.2 Å². The Kier molecular flexibility index (Phi) is 8.48. The molecule has 0 atom stereocenters. The van der Waals surface area contributed by atoms with Crippen LogP contribution in [-0.4, -0.2) is 21.3 Å². The fraction of sp³-hybridized carbons (Fsp3) is 0.0714. The van der Waals surface area contributed by atoms with Gasteiger partial charge in [0.25, 0.3) is 11.4 Å². The van der Waals surface area contributed by atoms with Crippen LogP contribution in [0, 0.1) is 20.2 Å². The van der Waals surface area contributed by atoms with E-state index in [1.807, 2.05) is 60.7 Å². The van der Waals surface area contributed by atoms with Crippen molar-refractivity contribution < 1.29 is 9.85 Å². The van der Waals surface area contributed by atoms with Gasteiger partial charge in [0.2, 0.25) is 0 Å². The second kappa shape index (κ2) is 12.5. The number of hydrogen-bond acceptors (Lipinski definition) is 8. The quantitative estimate of drug-likeness (QED) is 0.140. The predicted molar refractivity (Wildman–Crippen MR) is 149 cm³/mol. The normalized spacial score (nSPS) is 11.6. The largest absolute Gasteiger partial charge is 0.278 e. The molecular formula is C28H24N6O4. The second-order valence-electron chi connectivity index (χ2n) is 8.27. The first-order chi connectivity index (χ1) is 18.5. The van der Waals surface area contributed by atoms with Crippen molar-refractivity contribution >= 4 is 34.2 Å². The van der Waals surface area contributed by atoms with Crippen molar-refractivity contribution in [3.05, 3.63) is 141 Å². The van der Waals surface area contributed by atoms with E-state index >= 15 is 0 Å².